The first-order valence-electron chi connectivity index (χ1n) is 10.8. The Hall–Kier alpha value is -2.91. The van der Waals surface area contributed by atoms with E-state index in [1.165, 1.54) is 0 Å². The second kappa shape index (κ2) is 14.5. The second-order valence-corrected chi connectivity index (χ2v) is 8.12. The van der Waals surface area contributed by atoms with Crippen LogP contribution >= 0.6 is 0 Å². The summed E-state index contributed by atoms with van der Waals surface area (Å²) in [7, 11) is 1.94. The molecule has 0 fully saturated rings. The molecular formula is C25H31N7O2Y-2. The number of nitrogens with zero attached hydrogens (tertiary/aromatic N) is 5. The van der Waals surface area contributed by atoms with Gasteiger partial charge in [-0.15, -0.1) is 0 Å². The molecule has 3 aromatic rings. The number of aryl methyl sites for hydroxylation is 1. The summed E-state index contributed by atoms with van der Waals surface area (Å²) in [6, 6.07) is 7.21. The van der Waals surface area contributed by atoms with Crippen LogP contribution in [0.3, 0.4) is 0 Å². The molecule has 0 bridgehead atoms. The first kappa shape index (κ1) is 30.1. The third-order valence-electron chi connectivity index (χ3n) is 4.67. The van der Waals surface area contributed by atoms with Crippen LogP contribution < -0.4 is 16.0 Å². The average molecular weight is 550 g/mol. The number of rotatable bonds is 8. The van der Waals surface area contributed by atoms with Gasteiger partial charge in [-0.25, -0.2) is 34.0 Å². The number of benzene rings is 1. The maximum Gasteiger partial charge on any atom is 0.251 e. The van der Waals surface area contributed by atoms with E-state index < -0.39 is 0 Å². The van der Waals surface area contributed by atoms with Crippen molar-refractivity contribution in [3.05, 3.63) is 66.5 Å². The van der Waals surface area contributed by atoms with Crippen LogP contribution in [0.25, 0.3) is 11.2 Å². The number of hydrogen-bond acceptors (Lipinski definition) is 8. The van der Waals surface area contributed by atoms with E-state index in [-0.39, 0.29) is 50.6 Å². The number of nitrogen functional groups attached to an aromatic ring is 1. The largest absolute Gasteiger partial charge is 0.542 e. The van der Waals surface area contributed by atoms with Crippen LogP contribution in [0, 0.1) is 13.8 Å². The van der Waals surface area contributed by atoms with Crippen molar-refractivity contribution in [3.8, 4) is 0 Å². The van der Waals surface area contributed by atoms with E-state index in [1.807, 2.05) is 51.1 Å². The van der Waals surface area contributed by atoms with Gasteiger partial charge < -0.3 is 20.7 Å². The third kappa shape index (κ3) is 9.70. The van der Waals surface area contributed by atoms with Gasteiger partial charge in [-0.3, -0.25) is 11.1 Å². The Kier molecular flexibility index (Phi) is 12.5. The van der Waals surface area contributed by atoms with Crippen molar-refractivity contribution in [1.82, 2.24) is 25.3 Å². The van der Waals surface area contributed by atoms with E-state index in [2.05, 4.69) is 38.8 Å². The number of hydrogen-bond donors (Lipinski definition) is 2. The Morgan fingerprint density at radius 2 is 1.89 bits per heavy atom. The fraction of sp³-hybridized carbons (Fsp3) is 0.320. The molecule has 0 saturated heterocycles. The summed E-state index contributed by atoms with van der Waals surface area (Å²) in [5.74, 6) is 0.0116. The van der Waals surface area contributed by atoms with Crippen LogP contribution in [-0.2, 0) is 44.0 Å². The maximum atomic E-state index is 12.3. The van der Waals surface area contributed by atoms with Gasteiger partial charge in [0.2, 0.25) is 5.95 Å². The number of carbonyl (C=O) groups excluding carboxylic acids is 2. The molecular weight excluding hydrogens is 519 g/mol. The number of amides is 1. The minimum atomic E-state index is -0.169. The standard InChI is InChI=1S/C21H24N7O2.C4H7.Y/c1-13(5-4-10-29)24-20(30)15-6-8-17(9-7-15)28(3)12-16-11-23-19-18(26-16)14(2)25-21(22)27-19;1-4(2)3;/h6-9,11,13H,4-5,12H2,1-3H3,(H,24,30)(H2,22,23,25,27);1-2H2,3H3;/q2*-1;/t13-;;/m1../s1. The zero-order valence-corrected chi connectivity index (χ0v) is 23.5. The summed E-state index contributed by atoms with van der Waals surface area (Å²) in [5.41, 5.74) is 10.6. The fourth-order valence-corrected chi connectivity index (χ4v) is 3.03. The molecule has 0 spiro atoms. The monoisotopic (exact) mass is 550 g/mol. The Morgan fingerprint density at radius 3 is 2.49 bits per heavy atom. The number of allylic oxidation sites excluding steroid dienone is 1. The van der Waals surface area contributed by atoms with Gasteiger partial charge in [-0.1, -0.05) is 13.3 Å². The fourth-order valence-electron chi connectivity index (χ4n) is 3.03. The molecule has 2 aromatic heterocycles. The van der Waals surface area contributed by atoms with Gasteiger partial charge in [-0.05, 0) is 38.1 Å². The molecule has 9 nitrogen and oxygen atoms in total. The van der Waals surface area contributed by atoms with Gasteiger partial charge >= 0.3 is 0 Å². The Labute approximate surface area is 231 Å². The number of aromatic nitrogens is 4. The molecule has 183 valence electrons. The van der Waals surface area contributed by atoms with Crippen LogP contribution in [0.5, 0.6) is 0 Å². The van der Waals surface area contributed by atoms with E-state index >= 15 is 0 Å². The minimum absolute atomic E-state index is 0. The first-order valence-corrected chi connectivity index (χ1v) is 10.8. The first-order chi connectivity index (χ1) is 16.1. The molecule has 3 rings (SSSR count). The number of carbonyl (C=O) groups is 1. The number of fused-ring (bicyclic) bond motifs is 1. The molecule has 2 heterocycles. The summed E-state index contributed by atoms with van der Waals surface area (Å²) in [5, 5.41) is 2.88. The van der Waals surface area contributed by atoms with Crippen LogP contribution in [0.15, 0.2) is 42.6 Å². The van der Waals surface area contributed by atoms with Crippen LogP contribution in [0.1, 0.15) is 48.4 Å². The quantitative estimate of drug-likeness (QED) is 0.409. The van der Waals surface area contributed by atoms with E-state index in [9.17, 15) is 9.59 Å². The molecule has 0 aliphatic heterocycles. The topological polar surface area (TPSA) is 127 Å². The summed E-state index contributed by atoms with van der Waals surface area (Å²) in [6.45, 7) is 13.0. The van der Waals surface area contributed by atoms with Gasteiger partial charge in [0.1, 0.15) is 5.52 Å². The van der Waals surface area contributed by atoms with Gasteiger partial charge in [0.15, 0.2) is 5.65 Å². The average Bonchev–Trinajstić information content (AvgIpc) is 2.77. The van der Waals surface area contributed by atoms with Gasteiger partial charge in [-0.2, -0.15) is 11.4 Å². The summed E-state index contributed by atoms with van der Waals surface area (Å²) in [4.78, 5) is 41.8. The third-order valence-corrected chi connectivity index (χ3v) is 4.67. The molecule has 0 aliphatic carbocycles. The molecule has 1 radical (unpaired) electrons. The summed E-state index contributed by atoms with van der Waals surface area (Å²) in [6.07, 6.45) is 4.39. The molecule has 1 aromatic carbocycles. The van der Waals surface area contributed by atoms with Crippen LogP contribution in [0.4, 0.5) is 11.6 Å². The molecule has 0 saturated carbocycles. The molecule has 3 N–H and O–H groups in total. The predicted octanol–water partition coefficient (Wildman–Crippen LogP) is 3.35. The van der Waals surface area contributed by atoms with Crippen molar-refractivity contribution in [2.75, 3.05) is 17.7 Å². The minimum Gasteiger partial charge on any atom is -0.542 e. The normalized spacial score (nSPS) is 10.9. The second-order valence-electron chi connectivity index (χ2n) is 8.12. The van der Waals surface area contributed by atoms with Crippen molar-refractivity contribution in [3.63, 3.8) is 0 Å². The smallest absolute Gasteiger partial charge is 0.251 e. The summed E-state index contributed by atoms with van der Waals surface area (Å²) < 4.78 is 0. The Bertz CT molecular complexity index is 1150. The van der Waals surface area contributed by atoms with Crippen LogP contribution in [0.2, 0.25) is 0 Å². The van der Waals surface area contributed by atoms with Crippen molar-refractivity contribution in [1.29, 1.82) is 0 Å². The molecule has 1 atom stereocenters. The van der Waals surface area contributed by atoms with E-state index in [1.54, 1.807) is 18.3 Å². The number of anilines is 2. The van der Waals surface area contributed by atoms with Crippen LogP contribution in [-0.4, -0.2) is 45.2 Å². The van der Waals surface area contributed by atoms with E-state index in [0.29, 0.717) is 41.8 Å². The van der Waals surface area contributed by atoms with E-state index in [4.69, 9.17) is 5.73 Å². The zero-order chi connectivity index (χ0) is 25.3. The number of nitrogens with two attached hydrogens (primary N) is 1. The molecule has 0 unspecified atom stereocenters. The zero-order valence-electron chi connectivity index (χ0n) is 20.7. The Morgan fingerprint density at radius 1 is 1.26 bits per heavy atom. The van der Waals surface area contributed by atoms with Gasteiger partial charge in [0.05, 0.1) is 24.1 Å². The molecule has 35 heavy (non-hydrogen) atoms. The Balaban J connectivity index is 0.00000114. The maximum absolute atomic E-state index is 12.3. The SMILES string of the molecule is C=C([CH2-])C.Cc1nc(N)nc2ncc(CN(C)c3ccc(C(=O)N[C@H](C)CC[C-]=O)cc3)nc12.[Y]. The summed E-state index contributed by atoms with van der Waals surface area (Å²) >= 11 is 0. The van der Waals surface area contributed by atoms with Crippen molar-refractivity contribution >= 4 is 35.0 Å². The number of nitrogens with one attached hydrogen (secondary N) is 1. The predicted molar refractivity (Wildman–Crippen MR) is 135 cm³/mol. The van der Waals surface area contributed by atoms with Gasteiger partial charge in [0, 0.05) is 57.0 Å². The van der Waals surface area contributed by atoms with Crippen molar-refractivity contribution in [2.24, 2.45) is 0 Å². The van der Waals surface area contributed by atoms with Gasteiger partial charge in [0.25, 0.3) is 5.91 Å². The van der Waals surface area contributed by atoms with Crippen molar-refractivity contribution in [2.45, 2.75) is 46.2 Å². The van der Waals surface area contributed by atoms with Crippen molar-refractivity contribution < 1.29 is 42.3 Å². The molecule has 0 aliphatic rings. The van der Waals surface area contributed by atoms with E-state index in [0.717, 1.165) is 17.0 Å². The molecule has 1 amide bonds. The molecule has 10 heteroatoms.